The van der Waals surface area contributed by atoms with Gasteiger partial charge in [-0.05, 0) is 56.9 Å². The number of ether oxygens (including phenoxy) is 1. The summed E-state index contributed by atoms with van der Waals surface area (Å²) in [7, 11) is 1.64. The highest BCUT2D eigenvalue weighted by molar-refractivity contribution is 5.90. The molecule has 5 rings (SSSR count). The molecular weight excluding hydrogens is 492 g/mol. The molecule has 8 heteroatoms. The molecule has 2 unspecified atom stereocenters. The molecule has 1 aliphatic carbocycles. The van der Waals surface area contributed by atoms with Crippen molar-refractivity contribution in [3.05, 3.63) is 83.6 Å². The fraction of sp³-hybridized carbons (Fsp3) is 0.419. The zero-order valence-electron chi connectivity index (χ0n) is 23.0. The number of amides is 2. The SMILES string of the molecule is CNC(=O)C1(c2ccc(-c3ccc(C(C)N4CCC(CC(C)(C)O)(c5ccccc5)OC4=O)cc3)nn2)CC1. The van der Waals surface area contributed by atoms with E-state index < -0.39 is 22.7 Å². The molecule has 0 radical (unpaired) electrons. The first-order valence-electron chi connectivity index (χ1n) is 13.5. The minimum atomic E-state index is -0.998. The number of hydrogen-bond donors (Lipinski definition) is 2. The molecule has 1 aliphatic heterocycles. The van der Waals surface area contributed by atoms with Crippen LogP contribution >= 0.6 is 0 Å². The van der Waals surface area contributed by atoms with Gasteiger partial charge in [-0.25, -0.2) is 4.79 Å². The summed E-state index contributed by atoms with van der Waals surface area (Å²) in [6.07, 6.45) is 2.08. The Morgan fingerprint density at radius 2 is 1.74 bits per heavy atom. The Kier molecular flexibility index (Phi) is 6.93. The van der Waals surface area contributed by atoms with Gasteiger partial charge >= 0.3 is 6.09 Å². The summed E-state index contributed by atoms with van der Waals surface area (Å²) in [5, 5.41) is 22.1. The van der Waals surface area contributed by atoms with Crippen molar-refractivity contribution in [2.45, 2.75) is 69.1 Å². The van der Waals surface area contributed by atoms with Gasteiger partial charge in [-0.2, -0.15) is 10.2 Å². The predicted octanol–water partition coefficient (Wildman–Crippen LogP) is 4.88. The number of aliphatic hydroxyl groups is 1. The highest BCUT2D eigenvalue weighted by atomic mass is 16.6. The average Bonchev–Trinajstić information content (AvgIpc) is 3.74. The molecule has 0 spiro atoms. The smallest absolute Gasteiger partial charge is 0.411 e. The van der Waals surface area contributed by atoms with Crippen molar-refractivity contribution in [1.29, 1.82) is 0 Å². The lowest BCUT2D eigenvalue weighted by Crippen LogP contribution is -2.51. The lowest BCUT2D eigenvalue weighted by atomic mass is 9.80. The highest BCUT2D eigenvalue weighted by Gasteiger charge is 2.52. The molecule has 1 saturated carbocycles. The van der Waals surface area contributed by atoms with Crippen molar-refractivity contribution in [3.8, 4) is 11.3 Å². The van der Waals surface area contributed by atoms with Gasteiger partial charge in [0.05, 0.1) is 28.4 Å². The molecule has 8 nitrogen and oxygen atoms in total. The molecule has 1 saturated heterocycles. The number of aromatic nitrogens is 2. The van der Waals surface area contributed by atoms with E-state index in [4.69, 9.17) is 4.74 Å². The summed E-state index contributed by atoms with van der Waals surface area (Å²) in [5.74, 6) is -0.0137. The number of carbonyl (C=O) groups excluding carboxylic acids is 2. The molecule has 1 aromatic heterocycles. The molecular formula is C31H36N4O4. The van der Waals surface area contributed by atoms with E-state index in [0.717, 1.165) is 35.2 Å². The van der Waals surface area contributed by atoms with Gasteiger partial charge in [0.25, 0.3) is 0 Å². The van der Waals surface area contributed by atoms with Crippen LogP contribution in [0, 0.1) is 0 Å². The number of rotatable bonds is 8. The van der Waals surface area contributed by atoms with Gasteiger partial charge in [0.1, 0.15) is 5.60 Å². The minimum Gasteiger partial charge on any atom is -0.438 e. The van der Waals surface area contributed by atoms with Gasteiger partial charge in [0.15, 0.2) is 0 Å². The van der Waals surface area contributed by atoms with Crippen molar-refractivity contribution < 1.29 is 19.4 Å². The summed E-state index contributed by atoms with van der Waals surface area (Å²) in [6.45, 7) is 5.98. The number of benzene rings is 2. The standard InChI is InChI=1S/C31H36N4O4/c1-21(35-19-18-31(39-28(35)37,20-29(2,3)38)24-8-6-5-7-9-24)22-10-12-23(13-11-22)25-14-15-26(34-33-25)30(16-17-30)27(36)32-4/h5-15,21,38H,16-20H2,1-4H3,(H,32,36). The van der Waals surface area contributed by atoms with E-state index in [1.165, 1.54) is 0 Å². The third kappa shape index (κ3) is 5.26. The predicted molar refractivity (Wildman–Crippen MR) is 148 cm³/mol. The van der Waals surface area contributed by atoms with Crippen LogP contribution < -0.4 is 5.32 Å². The fourth-order valence-corrected chi connectivity index (χ4v) is 5.71. The van der Waals surface area contributed by atoms with E-state index >= 15 is 0 Å². The summed E-state index contributed by atoms with van der Waals surface area (Å²) < 4.78 is 6.13. The fourth-order valence-electron chi connectivity index (χ4n) is 5.71. The summed E-state index contributed by atoms with van der Waals surface area (Å²) in [4.78, 5) is 27.3. The molecule has 39 heavy (non-hydrogen) atoms. The van der Waals surface area contributed by atoms with Gasteiger partial charge in [-0.15, -0.1) is 0 Å². The van der Waals surface area contributed by atoms with Crippen molar-refractivity contribution in [2.75, 3.05) is 13.6 Å². The molecule has 3 aromatic rings. The van der Waals surface area contributed by atoms with Gasteiger partial charge in [-0.3, -0.25) is 4.79 Å². The van der Waals surface area contributed by atoms with E-state index in [0.29, 0.717) is 25.1 Å². The van der Waals surface area contributed by atoms with Crippen molar-refractivity contribution in [2.24, 2.45) is 0 Å². The first-order chi connectivity index (χ1) is 18.6. The zero-order valence-corrected chi connectivity index (χ0v) is 23.0. The van der Waals surface area contributed by atoms with Crippen LogP contribution in [0.2, 0.25) is 0 Å². The number of nitrogens with zero attached hydrogens (tertiary/aromatic N) is 3. The molecule has 0 bridgehead atoms. The van der Waals surface area contributed by atoms with E-state index in [-0.39, 0.29) is 11.9 Å². The van der Waals surface area contributed by atoms with Crippen LogP contribution in [0.25, 0.3) is 11.3 Å². The van der Waals surface area contributed by atoms with Gasteiger partial charge < -0.3 is 20.1 Å². The topological polar surface area (TPSA) is 105 Å². The van der Waals surface area contributed by atoms with Crippen molar-refractivity contribution in [1.82, 2.24) is 20.4 Å². The Morgan fingerprint density at radius 1 is 1.05 bits per heavy atom. The van der Waals surface area contributed by atoms with Gasteiger partial charge in [0, 0.05) is 32.0 Å². The molecule has 2 aliphatic rings. The second-order valence-electron chi connectivity index (χ2n) is 11.4. The second kappa shape index (κ2) is 10.1. The number of cyclic esters (lactones) is 1. The largest absolute Gasteiger partial charge is 0.438 e. The van der Waals surface area contributed by atoms with Crippen LogP contribution in [0.5, 0.6) is 0 Å². The summed E-state index contributed by atoms with van der Waals surface area (Å²) in [6, 6.07) is 21.2. The molecule has 2 atom stereocenters. The zero-order chi connectivity index (χ0) is 27.8. The summed E-state index contributed by atoms with van der Waals surface area (Å²) in [5.41, 5.74) is 1.80. The normalized spacial score (nSPS) is 21.2. The molecule has 2 heterocycles. The Hall–Kier alpha value is -3.78. The lowest BCUT2D eigenvalue weighted by molar-refractivity contribution is -0.123. The van der Waals surface area contributed by atoms with Crippen LogP contribution in [0.1, 0.15) is 69.3 Å². The van der Waals surface area contributed by atoms with Gasteiger partial charge in [-0.1, -0.05) is 54.6 Å². The molecule has 2 amide bonds. The Morgan fingerprint density at radius 3 is 2.28 bits per heavy atom. The van der Waals surface area contributed by atoms with Crippen molar-refractivity contribution in [3.63, 3.8) is 0 Å². The molecule has 204 valence electrons. The second-order valence-corrected chi connectivity index (χ2v) is 11.4. The lowest BCUT2D eigenvalue weighted by Gasteiger charge is -2.45. The van der Waals surface area contributed by atoms with E-state index in [9.17, 15) is 14.7 Å². The Labute approximate surface area is 229 Å². The third-order valence-electron chi connectivity index (χ3n) is 8.01. The number of likely N-dealkylation sites (N-methyl/N-ethyl adjacent to an activating group) is 1. The van der Waals surface area contributed by atoms with Crippen LogP contribution in [-0.2, 0) is 20.5 Å². The maximum absolute atomic E-state index is 13.3. The van der Waals surface area contributed by atoms with E-state index in [2.05, 4.69) is 15.5 Å². The van der Waals surface area contributed by atoms with Crippen LogP contribution in [0.15, 0.2) is 66.7 Å². The van der Waals surface area contributed by atoms with Crippen LogP contribution in [0.3, 0.4) is 0 Å². The molecule has 2 N–H and O–H groups in total. The molecule has 2 aromatic carbocycles. The number of carbonyl (C=O) groups is 2. The monoisotopic (exact) mass is 528 g/mol. The first-order valence-corrected chi connectivity index (χ1v) is 13.5. The van der Waals surface area contributed by atoms with E-state index in [1.807, 2.05) is 73.7 Å². The summed E-state index contributed by atoms with van der Waals surface area (Å²) >= 11 is 0. The van der Waals surface area contributed by atoms with E-state index in [1.54, 1.807) is 25.8 Å². The number of nitrogens with one attached hydrogen (secondary N) is 1. The van der Waals surface area contributed by atoms with Crippen LogP contribution in [-0.4, -0.2) is 51.4 Å². The maximum atomic E-state index is 13.3. The first kappa shape index (κ1) is 26.8. The Balaban J connectivity index is 1.30. The quantitative estimate of drug-likeness (QED) is 0.432. The third-order valence-corrected chi connectivity index (χ3v) is 8.01. The highest BCUT2D eigenvalue weighted by Crippen LogP contribution is 2.47. The molecule has 2 fully saturated rings. The average molecular weight is 529 g/mol. The van der Waals surface area contributed by atoms with Crippen molar-refractivity contribution >= 4 is 12.0 Å². The van der Waals surface area contributed by atoms with Gasteiger partial charge in [0.2, 0.25) is 5.91 Å². The van der Waals surface area contributed by atoms with Crippen LogP contribution in [0.4, 0.5) is 4.79 Å². The Bertz CT molecular complexity index is 1330. The number of hydrogen-bond acceptors (Lipinski definition) is 6. The minimum absolute atomic E-state index is 0.0137. The maximum Gasteiger partial charge on any atom is 0.411 e.